The second kappa shape index (κ2) is 9.41. The van der Waals surface area contributed by atoms with Crippen LogP contribution in [0.2, 0.25) is 5.15 Å². The average molecular weight is 600 g/mol. The first-order valence-electron chi connectivity index (χ1n) is 13.2. The Labute approximate surface area is 236 Å². The fraction of sp³-hybridized carbons (Fsp3) is 0.680. The summed E-state index contributed by atoms with van der Waals surface area (Å²) >= 11 is 6.12. The number of nitrogens with zero attached hydrogens (tertiary/aromatic N) is 5. The van der Waals surface area contributed by atoms with Crippen LogP contribution in [0.4, 0.5) is 15.0 Å². The highest BCUT2D eigenvalue weighted by atomic mass is 35.5. The SMILES string of the molecule is CC(C)(C)OC(=O)N1[C@@H]2CC[C@H]1[C@H]1COc3nc(Cl)c(F)c4nc(OCC5(COS(C)(=O)=O)CC5)nc(c34)N1C2. The number of hydrogen-bond donors (Lipinski definition) is 0. The number of fused-ring (bicyclic) bond motifs is 5. The topological polar surface area (TPSA) is 133 Å². The highest BCUT2D eigenvalue weighted by Crippen LogP contribution is 2.47. The second-order valence-corrected chi connectivity index (χ2v) is 14.0. The average Bonchev–Trinajstić information content (AvgIpc) is 3.59. The van der Waals surface area contributed by atoms with Gasteiger partial charge in [0.25, 0.3) is 10.1 Å². The molecule has 12 nitrogen and oxygen atoms in total. The third-order valence-electron chi connectivity index (χ3n) is 7.78. The maximum Gasteiger partial charge on any atom is 0.410 e. The molecule has 1 aliphatic carbocycles. The van der Waals surface area contributed by atoms with Crippen LogP contribution in [0.15, 0.2) is 0 Å². The van der Waals surface area contributed by atoms with Crippen molar-refractivity contribution in [3.05, 3.63) is 11.0 Å². The molecule has 2 saturated heterocycles. The van der Waals surface area contributed by atoms with E-state index in [0.29, 0.717) is 25.2 Å². The van der Waals surface area contributed by atoms with Crippen LogP contribution in [0.25, 0.3) is 10.9 Å². The molecule has 1 saturated carbocycles. The lowest BCUT2D eigenvalue weighted by Gasteiger charge is -2.46. The molecule has 3 aliphatic heterocycles. The molecule has 3 fully saturated rings. The minimum atomic E-state index is -3.61. The predicted octanol–water partition coefficient (Wildman–Crippen LogP) is 3.30. The summed E-state index contributed by atoms with van der Waals surface area (Å²) in [7, 11) is -3.61. The summed E-state index contributed by atoms with van der Waals surface area (Å²) in [5.41, 5.74) is -1.22. The molecule has 4 aliphatic rings. The first-order valence-corrected chi connectivity index (χ1v) is 15.4. The van der Waals surface area contributed by atoms with E-state index in [1.54, 1.807) is 4.90 Å². The minimum Gasteiger partial charge on any atom is -0.475 e. The molecule has 40 heavy (non-hydrogen) atoms. The van der Waals surface area contributed by atoms with Gasteiger partial charge < -0.3 is 19.1 Å². The van der Waals surface area contributed by atoms with E-state index in [1.165, 1.54) is 0 Å². The zero-order chi connectivity index (χ0) is 28.6. The number of rotatable bonds is 6. The van der Waals surface area contributed by atoms with Crippen molar-refractivity contribution >= 4 is 44.5 Å². The van der Waals surface area contributed by atoms with Crippen molar-refractivity contribution in [1.29, 1.82) is 0 Å². The molecule has 3 atom stereocenters. The Kier molecular flexibility index (Phi) is 6.46. The van der Waals surface area contributed by atoms with Crippen molar-refractivity contribution in [3.63, 3.8) is 0 Å². The molecule has 0 unspecified atom stereocenters. The fourth-order valence-electron chi connectivity index (χ4n) is 5.66. The lowest BCUT2D eigenvalue weighted by atomic mass is 10.0. The van der Waals surface area contributed by atoms with Gasteiger partial charge in [-0.15, -0.1) is 0 Å². The molecule has 2 aromatic heterocycles. The molecule has 2 aromatic rings. The Hall–Kier alpha value is -2.71. The maximum atomic E-state index is 15.3. The van der Waals surface area contributed by atoms with Gasteiger partial charge in [0.2, 0.25) is 5.88 Å². The normalized spacial score (nSPS) is 24.8. The summed E-state index contributed by atoms with van der Waals surface area (Å²) in [5, 5.41) is -0.112. The van der Waals surface area contributed by atoms with E-state index in [-0.39, 0.29) is 66.8 Å². The van der Waals surface area contributed by atoms with Gasteiger partial charge in [-0.25, -0.2) is 9.18 Å². The van der Waals surface area contributed by atoms with Gasteiger partial charge in [0.1, 0.15) is 28.9 Å². The van der Waals surface area contributed by atoms with E-state index < -0.39 is 32.1 Å². The number of amides is 1. The number of hydrogen-bond acceptors (Lipinski definition) is 11. The largest absolute Gasteiger partial charge is 0.475 e. The molecule has 1 amide bonds. The van der Waals surface area contributed by atoms with Crippen LogP contribution in [-0.4, -0.2) is 90.7 Å². The lowest BCUT2D eigenvalue weighted by molar-refractivity contribution is 0.00537. The molecule has 218 valence electrons. The quantitative estimate of drug-likeness (QED) is 0.358. The van der Waals surface area contributed by atoms with Crippen molar-refractivity contribution < 1.29 is 36.0 Å². The summed E-state index contributed by atoms with van der Waals surface area (Å²) in [5.74, 6) is -0.330. The molecule has 6 rings (SSSR count). The van der Waals surface area contributed by atoms with Gasteiger partial charge in [-0.3, -0.25) is 9.08 Å². The molecule has 15 heteroatoms. The Bertz CT molecular complexity index is 1480. The van der Waals surface area contributed by atoms with Gasteiger partial charge in [0.15, 0.2) is 11.0 Å². The van der Waals surface area contributed by atoms with Crippen LogP contribution in [0.3, 0.4) is 0 Å². The van der Waals surface area contributed by atoms with Crippen LogP contribution in [0.1, 0.15) is 46.5 Å². The third kappa shape index (κ3) is 5.09. The molecule has 0 aromatic carbocycles. The molecule has 2 bridgehead atoms. The maximum absolute atomic E-state index is 15.3. The number of piperazine rings is 1. The van der Waals surface area contributed by atoms with Crippen LogP contribution >= 0.6 is 11.6 Å². The van der Waals surface area contributed by atoms with Crippen molar-refractivity contribution in [3.8, 4) is 11.9 Å². The monoisotopic (exact) mass is 599 g/mol. The Morgan fingerprint density at radius 3 is 2.60 bits per heavy atom. The van der Waals surface area contributed by atoms with Crippen LogP contribution in [0, 0.1) is 11.2 Å². The zero-order valence-electron chi connectivity index (χ0n) is 22.6. The standard InChI is InChI=1S/C25H31ClFN5O7S/c1-24(2,3)39-23(33)32-13-5-6-14(32)15-10-36-21-16-18(17(27)19(26)29-21)28-22(30-20(16)31(15)9-13)37-11-25(7-8-25)12-38-40(4,34)35/h13-15H,5-12H2,1-4H3/t13-,14+,15-/m1/s1. The number of anilines is 1. The van der Waals surface area contributed by atoms with E-state index >= 15 is 4.39 Å². The van der Waals surface area contributed by atoms with E-state index in [1.807, 2.05) is 25.7 Å². The van der Waals surface area contributed by atoms with Crippen LogP contribution < -0.4 is 14.4 Å². The van der Waals surface area contributed by atoms with Gasteiger partial charge in [-0.1, -0.05) is 11.6 Å². The minimum absolute atomic E-state index is 0.0214. The smallest absolute Gasteiger partial charge is 0.410 e. The highest BCUT2D eigenvalue weighted by molar-refractivity contribution is 7.85. The van der Waals surface area contributed by atoms with E-state index in [9.17, 15) is 13.2 Å². The summed E-state index contributed by atoms with van der Waals surface area (Å²) in [6, 6.07) is -0.755. The van der Waals surface area contributed by atoms with Crippen LogP contribution in [0.5, 0.6) is 11.9 Å². The predicted molar refractivity (Wildman–Crippen MR) is 142 cm³/mol. The molecular weight excluding hydrogens is 569 g/mol. The van der Waals surface area contributed by atoms with Gasteiger partial charge >= 0.3 is 12.1 Å². The number of carbonyl (C=O) groups excluding carboxylic acids is 1. The molecular formula is C25H31ClFN5O7S. The molecule has 5 heterocycles. The summed E-state index contributed by atoms with van der Waals surface area (Å²) < 4.78 is 61.0. The van der Waals surface area contributed by atoms with Gasteiger partial charge in [-0.05, 0) is 46.5 Å². The third-order valence-corrected chi connectivity index (χ3v) is 8.58. The van der Waals surface area contributed by atoms with E-state index in [2.05, 4.69) is 15.0 Å². The summed E-state index contributed by atoms with van der Waals surface area (Å²) in [6.45, 7) is 6.15. The Balaban J connectivity index is 1.34. The first kappa shape index (κ1) is 27.5. The van der Waals surface area contributed by atoms with E-state index in [0.717, 1.165) is 19.1 Å². The van der Waals surface area contributed by atoms with Crippen molar-refractivity contribution in [2.45, 2.75) is 70.2 Å². The van der Waals surface area contributed by atoms with Crippen molar-refractivity contribution in [2.24, 2.45) is 5.41 Å². The molecule has 0 spiro atoms. The summed E-state index contributed by atoms with van der Waals surface area (Å²) in [4.78, 5) is 30.1. The van der Waals surface area contributed by atoms with E-state index in [4.69, 9.17) is 30.0 Å². The number of halogens is 2. The lowest BCUT2D eigenvalue weighted by Crippen LogP contribution is -2.63. The molecule has 0 radical (unpaired) electrons. The Morgan fingerprint density at radius 1 is 1.18 bits per heavy atom. The fourth-order valence-corrected chi connectivity index (χ4v) is 6.29. The van der Waals surface area contributed by atoms with Crippen molar-refractivity contribution in [2.75, 3.05) is 37.5 Å². The number of ether oxygens (including phenoxy) is 3. The Morgan fingerprint density at radius 2 is 1.93 bits per heavy atom. The van der Waals surface area contributed by atoms with Crippen molar-refractivity contribution in [1.82, 2.24) is 19.9 Å². The molecule has 0 N–H and O–H groups in total. The van der Waals surface area contributed by atoms with Gasteiger partial charge in [-0.2, -0.15) is 23.4 Å². The first-order chi connectivity index (χ1) is 18.7. The van der Waals surface area contributed by atoms with Gasteiger partial charge in [0, 0.05) is 12.0 Å². The highest BCUT2D eigenvalue weighted by Gasteiger charge is 2.52. The van der Waals surface area contributed by atoms with Crippen LogP contribution in [-0.2, 0) is 19.0 Å². The second-order valence-electron chi connectivity index (χ2n) is 12.0. The number of pyridine rings is 1. The summed E-state index contributed by atoms with van der Waals surface area (Å²) in [6.07, 6.45) is 3.56. The number of carbonyl (C=O) groups is 1. The zero-order valence-corrected chi connectivity index (χ0v) is 24.2. The number of aromatic nitrogens is 3. The van der Waals surface area contributed by atoms with Gasteiger partial charge in [0.05, 0.1) is 37.6 Å².